The Balaban J connectivity index is 2.12. The molecule has 1 aromatic carbocycles. The molecule has 1 aliphatic heterocycles. The first-order valence-corrected chi connectivity index (χ1v) is 7.17. The predicted molar refractivity (Wildman–Crippen MR) is 78.5 cm³/mol. The summed E-state index contributed by atoms with van der Waals surface area (Å²) in [7, 11) is 0. The van der Waals surface area contributed by atoms with Crippen molar-refractivity contribution in [3.63, 3.8) is 0 Å². The number of aliphatic carboxylic acids is 1. The van der Waals surface area contributed by atoms with Crippen LogP contribution in [0.25, 0.3) is 0 Å². The molecule has 2 rings (SSSR count). The van der Waals surface area contributed by atoms with Crippen LogP contribution in [0.2, 0.25) is 5.02 Å². The maximum Gasteiger partial charge on any atom is 0.326 e. The molecule has 1 aliphatic rings. The van der Waals surface area contributed by atoms with Gasteiger partial charge in [-0.1, -0.05) is 11.6 Å². The molecule has 21 heavy (non-hydrogen) atoms. The third-order valence-corrected chi connectivity index (χ3v) is 3.75. The lowest BCUT2D eigenvalue weighted by molar-refractivity contribution is -0.155. The molecule has 1 N–H and O–H groups in total. The molecule has 1 fully saturated rings. The maximum absolute atomic E-state index is 12.6. The lowest BCUT2D eigenvalue weighted by atomic mass is 10.1. The quantitative estimate of drug-likeness (QED) is 0.928. The van der Waals surface area contributed by atoms with E-state index in [4.69, 9.17) is 21.4 Å². The van der Waals surface area contributed by atoms with Gasteiger partial charge in [0.1, 0.15) is 11.8 Å². The zero-order valence-corrected chi connectivity index (χ0v) is 12.8. The van der Waals surface area contributed by atoms with Gasteiger partial charge in [0.05, 0.1) is 0 Å². The number of hydrogen-bond acceptors (Lipinski definition) is 3. The lowest BCUT2D eigenvalue weighted by Gasteiger charge is -2.32. The van der Waals surface area contributed by atoms with Crippen molar-refractivity contribution in [1.29, 1.82) is 0 Å². The number of carbonyl (C=O) groups excluding carboxylic acids is 1. The van der Waals surface area contributed by atoms with Crippen LogP contribution in [-0.4, -0.2) is 40.1 Å². The zero-order valence-electron chi connectivity index (χ0n) is 12.0. The first-order chi connectivity index (χ1) is 9.81. The van der Waals surface area contributed by atoms with Crippen LogP contribution < -0.4 is 4.74 Å². The van der Waals surface area contributed by atoms with Gasteiger partial charge in [0.25, 0.3) is 5.91 Å². The Bertz CT molecular complexity index is 541. The summed E-state index contributed by atoms with van der Waals surface area (Å²) in [6, 6.07) is 5.94. The van der Waals surface area contributed by atoms with Crippen molar-refractivity contribution in [2.24, 2.45) is 0 Å². The highest BCUT2D eigenvalue weighted by atomic mass is 35.5. The van der Waals surface area contributed by atoms with E-state index < -0.39 is 17.6 Å². The Labute approximate surface area is 128 Å². The second-order valence-corrected chi connectivity index (χ2v) is 6.00. The highest BCUT2D eigenvalue weighted by Gasteiger charge is 2.42. The van der Waals surface area contributed by atoms with E-state index in [1.54, 1.807) is 38.1 Å². The molecule has 0 bridgehead atoms. The molecule has 0 unspecified atom stereocenters. The Morgan fingerprint density at radius 3 is 2.52 bits per heavy atom. The average molecular weight is 312 g/mol. The first-order valence-electron chi connectivity index (χ1n) is 6.80. The van der Waals surface area contributed by atoms with Gasteiger partial charge in [-0.2, -0.15) is 0 Å². The van der Waals surface area contributed by atoms with E-state index in [0.29, 0.717) is 30.2 Å². The number of amides is 1. The second kappa shape index (κ2) is 5.93. The van der Waals surface area contributed by atoms with Gasteiger partial charge in [0.2, 0.25) is 0 Å². The number of hydrogen-bond donors (Lipinski definition) is 1. The van der Waals surface area contributed by atoms with Crippen LogP contribution in [-0.2, 0) is 9.59 Å². The number of benzene rings is 1. The van der Waals surface area contributed by atoms with Crippen molar-refractivity contribution in [1.82, 2.24) is 4.90 Å². The Morgan fingerprint density at radius 2 is 1.95 bits per heavy atom. The predicted octanol–water partition coefficient (Wildman–Crippen LogP) is 2.57. The highest BCUT2D eigenvalue weighted by molar-refractivity contribution is 6.30. The number of carboxylic acids is 1. The third-order valence-electron chi connectivity index (χ3n) is 3.50. The van der Waals surface area contributed by atoms with Crippen LogP contribution in [0, 0.1) is 0 Å². The summed E-state index contributed by atoms with van der Waals surface area (Å²) in [6.07, 6.45) is 1.18. The minimum absolute atomic E-state index is 0.317. The molecule has 114 valence electrons. The molecule has 0 radical (unpaired) electrons. The van der Waals surface area contributed by atoms with E-state index in [1.807, 2.05) is 0 Å². The molecular weight excluding hydrogens is 294 g/mol. The van der Waals surface area contributed by atoms with Gasteiger partial charge in [-0.25, -0.2) is 4.79 Å². The van der Waals surface area contributed by atoms with Crippen molar-refractivity contribution in [3.05, 3.63) is 29.3 Å². The van der Waals surface area contributed by atoms with E-state index in [0.717, 1.165) is 0 Å². The molecule has 1 atom stereocenters. The van der Waals surface area contributed by atoms with Gasteiger partial charge in [0, 0.05) is 11.6 Å². The number of halogens is 1. The van der Waals surface area contributed by atoms with Gasteiger partial charge in [-0.3, -0.25) is 4.79 Å². The number of ether oxygens (including phenoxy) is 1. The third kappa shape index (κ3) is 3.47. The summed E-state index contributed by atoms with van der Waals surface area (Å²) in [6.45, 7) is 3.73. The standard InChI is InChI=1S/C15H18ClNO4/c1-15(2,21-11-7-5-10(16)6-8-11)14(20)17-9-3-4-12(17)13(18)19/h5-8,12H,3-4,9H2,1-2H3,(H,18,19)/t12-/m0/s1. The molecule has 0 spiro atoms. The van der Waals surface area contributed by atoms with Crippen molar-refractivity contribution in [2.75, 3.05) is 6.54 Å². The molecule has 1 aromatic rings. The molecule has 0 aliphatic carbocycles. The maximum atomic E-state index is 12.6. The van der Waals surface area contributed by atoms with Crippen LogP contribution >= 0.6 is 11.6 Å². The van der Waals surface area contributed by atoms with Gasteiger partial charge in [-0.15, -0.1) is 0 Å². The molecule has 1 amide bonds. The topological polar surface area (TPSA) is 66.8 Å². The summed E-state index contributed by atoms with van der Waals surface area (Å²) in [5.41, 5.74) is -1.13. The van der Waals surface area contributed by atoms with Gasteiger partial charge < -0.3 is 14.7 Å². The average Bonchev–Trinajstić information content (AvgIpc) is 2.89. The van der Waals surface area contributed by atoms with Crippen molar-refractivity contribution < 1.29 is 19.4 Å². The van der Waals surface area contributed by atoms with E-state index >= 15 is 0 Å². The Morgan fingerprint density at radius 1 is 1.33 bits per heavy atom. The van der Waals surface area contributed by atoms with E-state index in [-0.39, 0.29) is 5.91 Å². The van der Waals surface area contributed by atoms with E-state index in [1.165, 1.54) is 4.90 Å². The fourth-order valence-electron chi connectivity index (χ4n) is 2.45. The minimum Gasteiger partial charge on any atom is -0.480 e. The molecule has 1 saturated heterocycles. The van der Waals surface area contributed by atoms with Crippen LogP contribution in [0.15, 0.2) is 24.3 Å². The zero-order chi connectivity index (χ0) is 15.6. The van der Waals surface area contributed by atoms with Gasteiger partial charge in [0.15, 0.2) is 5.60 Å². The fourth-order valence-corrected chi connectivity index (χ4v) is 2.58. The fraction of sp³-hybridized carbons (Fsp3) is 0.467. The van der Waals surface area contributed by atoms with E-state index in [9.17, 15) is 9.59 Å². The van der Waals surface area contributed by atoms with Crippen molar-refractivity contribution in [3.8, 4) is 5.75 Å². The monoisotopic (exact) mass is 311 g/mol. The first kappa shape index (κ1) is 15.6. The van der Waals surface area contributed by atoms with Crippen LogP contribution in [0.1, 0.15) is 26.7 Å². The molecular formula is C15H18ClNO4. The lowest BCUT2D eigenvalue weighted by Crippen LogP contribution is -2.52. The SMILES string of the molecule is CC(C)(Oc1ccc(Cl)cc1)C(=O)N1CCC[C@H]1C(=O)O. The number of rotatable bonds is 4. The summed E-state index contributed by atoms with van der Waals surface area (Å²) in [5, 5.41) is 9.75. The summed E-state index contributed by atoms with van der Waals surface area (Å²) < 4.78 is 5.72. The Kier molecular flexibility index (Phi) is 4.42. The number of likely N-dealkylation sites (tertiary alicyclic amines) is 1. The van der Waals surface area contributed by atoms with Gasteiger partial charge in [-0.05, 0) is 51.0 Å². The smallest absolute Gasteiger partial charge is 0.326 e. The van der Waals surface area contributed by atoms with Gasteiger partial charge >= 0.3 is 5.97 Å². The normalized spacial score (nSPS) is 18.6. The number of carboxylic acid groups (broad SMARTS) is 1. The second-order valence-electron chi connectivity index (χ2n) is 5.56. The van der Waals surface area contributed by atoms with E-state index in [2.05, 4.69) is 0 Å². The van der Waals surface area contributed by atoms with Crippen LogP contribution in [0.5, 0.6) is 5.75 Å². The van der Waals surface area contributed by atoms with Crippen molar-refractivity contribution >= 4 is 23.5 Å². The highest BCUT2D eigenvalue weighted by Crippen LogP contribution is 2.26. The molecule has 0 saturated carbocycles. The number of carbonyl (C=O) groups is 2. The van der Waals surface area contributed by atoms with Crippen LogP contribution in [0.3, 0.4) is 0 Å². The largest absolute Gasteiger partial charge is 0.480 e. The summed E-state index contributed by atoms with van der Waals surface area (Å²) in [4.78, 5) is 25.1. The Hall–Kier alpha value is -1.75. The van der Waals surface area contributed by atoms with Crippen LogP contribution in [0.4, 0.5) is 0 Å². The number of nitrogens with zero attached hydrogens (tertiary/aromatic N) is 1. The summed E-state index contributed by atoms with van der Waals surface area (Å²) >= 11 is 5.81. The van der Waals surface area contributed by atoms with Crippen molar-refractivity contribution in [2.45, 2.75) is 38.3 Å². The minimum atomic E-state index is -1.13. The molecule has 6 heteroatoms. The molecule has 5 nitrogen and oxygen atoms in total. The molecule has 0 aromatic heterocycles. The molecule has 1 heterocycles. The summed E-state index contributed by atoms with van der Waals surface area (Å²) in [5.74, 6) is -0.769.